The highest BCUT2D eigenvalue weighted by atomic mass is 32.2. The van der Waals surface area contributed by atoms with Gasteiger partial charge < -0.3 is 10.2 Å². The molecule has 0 atom stereocenters. The van der Waals surface area contributed by atoms with Crippen molar-refractivity contribution in [3.05, 3.63) is 0 Å². The fourth-order valence-electron chi connectivity index (χ4n) is 1.34. The summed E-state index contributed by atoms with van der Waals surface area (Å²) in [6.07, 6.45) is 0. The fraction of sp³-hybridized carbons (Fsp3) is 0.909. The van der Waals surface area contributed by atoms with E-state index in [4.69, 9.17) is 0 Å². The molecular formula is C11H24N6S. The minimum Gasteiger partial charge on any atom is -0.315 e. The van der Waals surface area contributed by atoms with Gasteiger partial charge in [0.2, 0.25) is 5.16 Å². The van der Waals surface area contributed by atoms with Crippen molar-refractivity contribution in [1.29, 1.82) is 0 Å². The normalized spacial score (nSPS) is 11.7. The molecule has 0 unspecified atom stereocenters. The quantitative estimate of drug-likeness (QED) is 0.524. The SMILES string of the molecule is CC(C)CNCCn1nnnc1SCCN(C)C. The molecule has 0 aliphatic carbocycles. The van der Waals surface area contributed by atoms with E-state index in [1.165, 1.54) is 0 Å². The van der Waals surface area contributed by atoms with E-state index in [2.05, 4.69) is 53.7 Å². The highest BCUT2D eigenvalue weighted by Gasteiger charge is 2.06. The first-order valence-electron chi connectivity index (χ1n) is 6.34. The van der Waals surface area contributed by atoms with Crippen molar-refractivity contribution in [2.75, 3.05) is 39.5 Å². The van der Waals surface area contributed by atoms with Gasteiger partial charge in [-0.05, 0) is 37.0 Å². The van der Waals surface area contributed by atoms with Gasteiger partial charge in [0.15, 0.2) is 0 Å². The van der Waals surface area contributed by atoms with Crippen molar-refractivity contribution < 1.29 is 0 Å². The molecule has 0 radical (unpaired) electrons. The number of hydrogen-bond donors (Lipinski definition) is 1. The summed E-state index contributed by atoms with van der Waals surface area (Å²) in [5.41, 5.74) is 0. The number of nitrogens with zero attached hydrogens (tertiary/aromatic N) is 5. The lowest BCUT2D eigenvalue weighted by atomic mass is 10.2. The summed E-state index contributed by atoms with van der Waals surface area (Å²) in [5, 5.41) is 16.1. The summed E-state index contributed by atoms with van der Waals surface area (Å²) in [4.78, 5) is 2.16. The summed E-state index contributed by atoms with van der Waals surface area (Å²) in [6, 6.07) is 0. The summed E-state index contributed by atoms with van der Waals surface area (Å²) < 4.78 is 1.87. The molecular weight excluding hydrogens is 248 g/mol. The summed E-state index contributed by atoms with van der Waals surface area (Å²) in [7, 11) is 4.14. The van der Waals surface area contributed by atoms with E-state index >= 15 is 0 Å². The zero-order valence-electron chi connectivity index (χ0n) is 11.8. The highest BCUT2D eigenvalue weighted by Crippen LogP contribution is 2.12. The minimum atomic E-state index is 0.674. The monoisotopic (exact) mass is 272 g/mol. The van der Waals surface area contributed by atoms with Crippen LogP contribution in [-0.4, -0.2) is 64.6 Å². The first-order chi connectivity index (χ1) is 8.59. The molecule has 6 nitrogen and oxygen atoms in total. The molecule has 0 saturated carbocycles. The molecule has 0 amide bonds. The van der Waals surface area contributed by atoms with Crippen LogP contribution in [0.2, 0.25) is 0 Å². The van der Waals surface area contributed by atoms with Gasteiger partial charge in [0.05, 0.1) is 6.54 Å². The van der Waals surface area contributed by atoms with E-state index in [0.717, 1.165) is 37.1 Å². The average molecular weight is 272 g/mol. The fourth-order valence-corrected chi connectivity index (χ4v) is 2.35. The highest BCUT2D eigenvalue weighted by molar-refractivity contribution is 7.99. The predicted octanol–water partition coefficient (Wildman–Crippen LogP) is 0.572. The molecule has 0 spiro atoms. The van der Waals surface area contributed by atoms with Gasteiger partial charge in [0, 0.05) is 18.8 Å². The van der Waals surface area contributed by atoms with Gasteiger partial charge >= 0.3 is 0 Å². The van der Waals surface area contributed by atoms with Crippen molar-refractivity contribution in [2.45, 2.75) is 25.5 Å². The van der Waals surface area contributed by atoms with E-state index < -0.39 is 0 Å². The van der Waals surface area contributed by atoms with Crippen molar-refractivity contribution in [3.63, 3.8) is 0 Å². The average Bonchev–Trinajstić information content (AvgIpc) is 2.71. The van der Waals surface area contributed by atoms with Crippen molar-refractivity contribution >= 4 is 11.8 Å². The van der Waals surface area contributed by atoms with Crippen LogP contribution in [0.5, 0.6) is 0 Å². The number of thioether (sulfide) groups is 1. The summed E-state index contributed by atoms with van der Waals surface area (Å²) >= 11 is 1.70. The van der Waals surface area contributed by atoms with Crippen molar-refractivity contribution in [3.8, 4) is 0 Å². The number of rotatable bonds is 9. The second-order valence-corrected chi connectivity index (χ2v) is 6.00. The zero-order chi connectivity index (χ0) is 13.4. The van der Waals surface area contributed by atoms with E-state index in [0.29, 0.717) is 5.92 Å². The maximum absolute atomic E-state index is 4.05. The Morgan fingerprint density at radius 2 is 2.17 bits per heavy atom. The summed E-state index contributed by atoms with van der Waals surface area (Å²) in [5.74, 6) is 1.68. The van der Waals surface area contributed by atoms with Crippen LogP contribution in [0, 0.1) is 5.92 Å². The molecule has 0 bridgehead atoms. The van der Waals surface area contributed by atoms with Gasteiger partial charge in [-0.25, -0.2) is 4.68 Å². The standard InChI is InChI=1S/C11H24N6S/c1-10(2)9-12-5-6-17-11(13-14-15-17)18-8-7-16(3)4/h10,12H,5-9H2,1-4H3. The number of aromatic nitrogens is 4. The minimum absolute atomic E-state index is 0.674. The lowest BCUT2D eigenvalue weighted by Gasteiger charge is -2.09. The molecule has 0 fully saturated rings. The Bertz CT molecular complexity index is 325. The Morgan fingerprint density at radius 1 is 1.39 bits per heavy atom. The molecule has 1 N–H and O–H groups in total. The molecule has 0 aliphatic heterocycles. The molecule has 0 saturated heterocycles. The van der Waals surface area contributed by atoms with Crippen LogP contribution in [-0.2, 0) is 6.54 Å². The van der Waals surface area contributed by atoms with Crippen LogP contribution in [0.15, 0.2) is 5.16 Å². The Hall–Kier alpha value is -0.660. The Labute approximate surface area is 113 Å². The summed E-state index contributed by atoms with van der Waals surface area (Å²) in [6.45, 7) is 8.20. The van der Waals surface area contributed by atoms with Crippen LogP contribution in [0.4, 0.5) is 0 Å². The molecule has 0 aliphatic rings. The molecule has 1 aromatic rings. The van der Waals surface area contributed by atoms with E-state index in [-0.39, 0.29) is 0 Å². The Morgan fingerprint density at radius 3 is 2.83 bits per heavy atom. The van der Waals surface area contributed by atoms with Crippen molar-refractivity contribution in [1.82, 2.24) is 30.4 Å². The third kappa shape index (κ3) is 6.32. The van der Waals surface area contributed by atoms with Gasteiger partial charge in [-0.3, -0.25) is 0 Å². The maximum Gasteiger partial charge on any atom is 0.209 e. The largest absolute Gasteiger partial charge is 0.315 e. The van der Waals surface area contributed by atoms with Gasteiger partial charge in [0.1, 0.15) is 0 Å². The number of nitrogens with one attached hydrogen (secondary N) is 1. The second-order valence-electron chi connectivity index (χ2n) is 4.93. The van der Waals surface area contributed by atoms with Crippen LogP contribution >= 0.6 is 11.8 Å². The first kappa shape index (κ1) is 15.4. The Kier molecular flexibility index (Phi) is 7.22. The Balaban J connectivity index is 2.26. The molecule has 1 heterocycles. The van der Waals surface area contributed by atoms with Gasteiger partial charge in [-0.15, -0.1) is 5.10 Å². The topological polar surface area (TPSA) is 58.9 Å². The lowest BCUT2D eigenvalue weighted by Crippen LogP contribution is -2.24. The van der Waals surface area contributed by atoms with Crippen LogP contribution in [0.1, 0.15) is 13.8 Å². The molecule has 1 aromatic heterocycles. The van der Waals surface area contributed by atoms with Gasteiger partial charge in [-0.1, -0.05) is 25.6 Å². The molecule has 0 aromatic carbocycles. The third-order valence-electron chi connectivity index (χ3n) is 2.32. The third-order valence-corrected chi connectivity index (χ3v) is 3.26. The lowest BCUT2D eigenvalue weighted by molar-refractivity contribution is 0.437. The van der Waals surface area contributed by atoms with Gasteiger partial charge in [-0.2, -0.15) is 0 Å². The molecule has 7 heteroatoms. The molecule has 104 valence electrons. The predicted molar refractivity (Wildman–Crippen MR) is 74.8 cm³/mol. The van der Waals surface area contributed by atoms with Crippen LogP contribution < -0.4 is 5.32 Å². The van der Waals surface area contributed by atoms with Crippen molar-refractivity contribution in [2.24, 2.45) is 5.92 Å². The maximum atomic E-state index is 4.05. The van der Waals surface area contributed by atoms with E-state index in [1.54, 1.807) is 11.8 Å². The number of hydrogen-bond acceptors (Lipinski definition) is 6. The smallest absolute Gasteiger partial charge is 0.209 e. The first-order valence-corrected chi connectivity index (χ1v) is 7.32. The van der Waals surface area contributed by atoms with Crippen LogP contribution in [0.3, 0.4) is 0 Å². The molecule has 1 rings (SSSR count). The van der Waals surface area contributed by atoms with Gasteiger partial charge in [0.25, 0.3) is 0 Å². The second kappa shape index (κ2) is 8.44. The van der Waals surface area contributed by atoms with Crippen LogP contribution in [0.25, 0.3) is 0 Å². The zero-order valence-corrected chi connectivity index (χ0v) is 12.6. The number of tetrazole rings is 1. The molecule has 18 heavy (non-hydrogen) atoms. The van der Waals surface area contributed by atoms with E-state index in [1.807, 2.05) is 4.68 Å². The van der Waals surface area contributed by atoms with E-state index in [9.17, 15) is 0 Å².